The van der Waals surface area contributed by atoms with E-state index in [9.17, 15) is 8.42 Å². The van der Waals surface area contributed by atoms with Crippen LogP contribution >= 0.6 is 0 Å². The summed E-state index contributed by atoms with van der Waals surface area (Å²) >= 11 is 0. The summed E-state index contributed by atoms with van der Waals surface area (Å²) in [4.78, 5) is 0. The normalized spacial score (nSPS) is 18.7. The summed E-state index contributed by atoms with van der Waals surface area (Å²) in [5.74, 6) is 2.42. The quantitative estimate of drug-likeness (QED) is 0.775. The third-order valence-corrected chi connectivity index (χ3v) is 5.32. The van der Waals surface area contributed by atoms with Gasteiger partial charge in [-0.1, -0.05) is 11.2 Å². The van der Waals surface area contributed by atoms with E-state index in [0.717, 1.165) is 60.4 Å². The van der Waals surface area contributed by atoms with Crippen LogP contribution in [0.3, 0.4) is 0 Å². The highest BCUT2D eigenvalue weighted by Crippen LogP contribution is 2.32. The van der Waals surface area contributed by atoms with Gasteiger partial charge >= 0.3 is 0 Å². The molecule has 0 fully saturated rings. The van der Waals surface area contributed by atoms with Crippen LogP contribution in [0.15, 0.2) is 22.7 Å². The van der Waals surface area contributed by atoms with Crippen LogP contribution in [-0.2, 0) is 36.0 Å². The standard InChI is InChI=1S/C17H21N3O5S/c1-26(21,22)19-9-14-13-7-12(3-5-15(13)25-20-14)18-8-11-2-4-16-17(6-11)24-10-23-16/h2,4,6,12,18-19H,3,5,7-10H2,1H3. The molecular weight excluding hydrogens is 358 g/mol. The average molecular weight is 379 g/mol. The van der Waals surface area contributed by atoms with Crippen molar-refractivity contribution >= 4 is 10.0 Å². The monoisotopic (exact) mass is 379 g/mol. The number of benzene rings is 1. The average Bonchev–Trinajstić information content (AvgIpc) is 3.23. The predicted octanol–water partition coefficient (Wildman–Crippen LogP) is 1.10. The smallest absolute Gasteiger partial charge is 0.231 e. The number of fused-ring (bicyclic) bond motifs is 2. The molecule has 2 heterocycles. The fourth-order valence-electron chi connectivity index (χ4n) is 3.29. The second-order valence-corrected chi connectivity index (χ2v) is 8.47. The number of rotatable bonds is 6. The largest absolute Gasteiger partial charge is 0.454 e. The van der Waals surface area contributed by atoms with E-state index in [1.54, 1.807) is 0 Å². The predicted molar refractivity (Wildman–Crippen MR) is 93.4 cm³/mol. The Labute approximate surface area is 151 Å². The lowest BCUT2D eigenvalue weighted by Crippen LogP contribution is -2.34. The van der Waals surface area contributed by atoms with E-state index in [0.29, 0.717) is 5.69 Å². The van der Waals surface area contributed by atoms with E-state index in [2.05, 4.69) is 15.2 Å². The Bertz CT molecular complexity index is 909. The van der Waals surface area contributed by atoms with Crippen LogP contribution in [0, 0.1) is 0 Å². The van der Waals surface area contributed by atoms with E-state index in [-0.39, 0.29) is 19.4 Å². The van der Waals surface area contributed by atoms with Crippen molar-refractivity contribution in [1.29, 1.82) is 0 Å². The Morgan fingerprint density at radius 2 is 2.08 bits per heavy atom. The number of sulfonamides is 1. The Kier molecular flexibility index (Phi) is 4.60. The van der Waals surface area contributed by atoms with Gasteiger partial charge in [0.2, 0.25) is 16.8 Å². The van der Waals surface area contributed by atoms with Crippen LogP contribution < -0.4 is 19.5 Å². The van der Waals surface area contributed by atoms with Crippen LogP contribution in [-0.4, -0.2) is 32.7 Å². The van der Waals surface area contributed by atoms with Crippen molar-refractivity contribution in [3.05, 3.63) is 40.8 Å². The molecule has 2 N–H and O–H groups in total. The molecule has 0 saturated carbocycles. The molecule has 0 spiro atoms. The van der Waals surface area contributed by atoms with Gasteiger partial charge in [0.15, 0.2) is 11.5 Å². The van der Waals surface area contributed by atoms with E-state index in [4.69, 9.17) is 14.0 Å². The molecule has 2 aliphatic rings. The molecule has 1 aliphatic heterocycles. The van der Waals surface area contributed by atoms with Crippen molar-refractivity contribution in [3.8, 4) is 11.5 Å². The van der Waals surface area contributed by atoms with Gasteiger partial charge in [-0.3, -0.25) is 0 Å². The van der Waals surface area contributed by atoms with Gasteiger partial charge in [0.1, 0.15) is 11.5 Å². The highest BCUT2D eigenvalue weighted by atomic mass is 32.2. The van der Waals surface area contributed by atoms with E-state index in [1.807, 2.05) is 18.2 Å². The first-order chi connectivity index (χ1) is 12.5. The maximum Gasteiger partial charge on any atom is 0.231 e. The number of hydrogen-bond acceptors (Lipinski definition) is 7. The van der Waals surface area contributed by atoms with Crippen LogP contribution in [0.4, 0.5) is 0 Å². The minimum absolute atomic E-state index is 0.159. The van der Waals surface area contributed by atoms with Crippen molar-refractivity contribution < 1.29 is 22.4 Å². The molecule has 26 heavy (non-hydrogen) atoms. The number of ether oxygens (including phenoxy) is 2. The number of nitrogens with zero attached hydrogens (tertiary/aromatic N) is 1. The maximum atomic E-state index is 11.3. The first-order valence-corrected chi connectivity index (χ1v) is 10.4. The summed E-state index contributed by atoms with van der Waals surface area (Å²) in [6.45, 7) is 1.15. The molecule has 2 aromatic rings. The maximum absolute atomic E-state index is 11.3. The van der Waals surface area contributed by atoms with Gasteiger partial charge in [0, 0.05) is 24.6 Å². The molecule has 0 saturated heterocycles. The highest BCUT2D eigenvalue weighted by Gasteiger charge is 2.26. The summed E-state index contributed by atoms with van der Waals surface area (Å²) < 4.78 is 41.2. The fourth-order valence-corrected chi connectivity index (χ4v) is 3.69. The lowest BCUT2D eigenvalue weighted by molar-refractivity contribution is 0.174. The van der Waals surface area contributed by atoms with Crippen LogP contribution in [0.25, 0.3) is 0 Å². The Morgan fingerprint density at radius 3 is 2.92 bits per heavy atom. The van der Waals surface area contributed by atoms with Gasteiger partial charge in [0.05, 0.1) is 12.8 Å². The minimum atomic E-state index is -3.26. The van der Waals surface area contributed by atoms with Gasteiger partial charge in [-0.05, 0) is 30.5 Å². The summed E-state index contributed by atoms with van der Waals surface area (Å²) in [5.41, 5.74) is 2.81. The molecular formula is C17H21N3O5S. The molecule has 1 aromatic carbocycles. The van der Waals surface area contributed by atoms with Gasteiger partial charge in [0.25, 0.3) is 0 Å². The van der Waals surface area contributed by atoms with Gasteiger partial charge in [-0.15, -0.1) is 0 Å². The summed E-state index contributed by atoms with van der Waals surface area (Å²) in [6.07, 6.45) is 3.64. The summed E-state index contributed by atoms with van der Waals surface area (Å²) in [5, 5.41) is 7.59. The van der Waals surface area contributed by atoms with Gasteiger partial charge < -0.3 is 19.3 Å². The zero-order chi connectivity index (χ0) is 18.1. The fraction of sp³-hybridized carbons (Fsp3) is 0.471. The van der Waals surface area contributed by atoms with Crippen molar-refractivity contribution in [2.45, 2.75) is 38.4 Å². The molecule has 0 bridgehead atoms. The van der Waals surface area contributed by atoms with Gasteiger partial charge in [-0.25, -0.2) is 13.1 Å². The Morgan fingerprint density at radius 1 is 1.23 bits per heavy atom. The molecule has 8 nitrogen and oxygen atoms in total. The Balaban J connectivity index is 1.38. The minimum Gasteiger partial charge on any atom is -0.454 e. The molecule has 4 rings (SSSR count). The van der Waals surface area contributed by atoms with Crippen molar-refractivity contribution in [1.82, 2.24) is 15.2 Å². The van der Waals surface area contributed by atoms with Gasteiger partial charge in [-0.2, -0.15) is 0 Å². The second kappa shape index (κ2) is 6.90. The third-order valence-electron chi connectivity index (χ3n) is 4.65. The summed E-state index contributed by atoms with van der Waals surface area (Å²) in [6, 6.07) is 6.22. The SMILES string of the molecule is CS(=O)(=O)NCc1noc2c1CC(NCc1ccc3c(c1)OCO3)CC2. The summed E-state index contributed by atoms with van der Waals surface area (Å²) in [7, 11) is -3.26. The van der Waals surface area contributed by atoms with Crippen molar-refractivity contribution in [2.75, 3.05) is 13.0 Å². The number of aryl methyl sites for hydroxylation is 1. The molecule has 9 heteroatoms. The lowest BCUT2D eigenvalue weighted by atomic mass is 9.92. The zero-order valence-corrected chi connectivity index (χ0v) is 15.3. The first kappa shape index (κ1) is 17.3. The molecule has 1 aromatic heterocycles. The van der Waals surface area contributed by atoms with Crippen LogP contribution in [0.2, 0.25) is 0 Å². The molecule has 140 valence electrons. The van der Waals surface area contributed by atoms with Crippen molar-refractivity contribution in [2.24, 2.45) is 0 Å². The zero-order valence-electron chi connectivity index (χ0n) is 14.4. The van der Waals surface area contributed by atoms with Crippen molar-refractivity contribution in [3.63, 3.8) is 0 Å². The molecule has 1 aliphatic carbocycles. The number of nitrogens with one attached hydrogen (secondary N) is 2. The molecule has 1 unspecified atom stereocenters. The lowest BCUT2D eigenvalue weighted by Gasteiger charge is -2.23. The third kappa shape index (κ3) is 3.84. The number of hydrogen-bond donors (Lipinski definition) is 2. The Hall–Kier alpha value is -2.10. The molecule has 1 atom stereocenters. The topological polar surface area (TPSA) is 103 Å². The first-order valence-electron chi connectivity index (χ1n) is 8.51. The van der Waals surface area contributed by atoms with Crippen LogP contribution in [0.5, 0.6) is 11.5 Å². The second-order valence-electron chi connectivity index (χ2n) is 6.63. The van der Waals surface area contributed by atoms with Crippen LogP contribution in [0.1, 0.15) is 29.0 Å². The van der Waals surface area contributed by atoms with E-state index < -0.39 is 10.0 Å². The van der Waals surface area contributed by atoms with E-state index in [1.165, 1.54) is 0 Å². The molecule has 0 radical (unpaired) electrons. The van der Waals surface area contributed by atoms with E-state index >= 15 is 0 Å². The highest BCUT2D eigenvalue weighted by molar-refractivity contribution is 7.88. The molecule has 0 amide bonds. The number of aromatic nitrogens is 1.